The largest absolute Gasteiger partial charge is 0.351 e. The van der Waals surface area contributed by atoms with Crippen molar-refractivity contribution < 1.29 is 4.79 Å². The van der Waals surface area contributed by atoms with E-state index in [9.17, 15) is 4.79 Å². The molecular weight excluding hydrogens is 361 g/mol. The van der Waals surface area contributed by atoms with E-state index >= 15 is 0 Å². The SMILES string of the molecule is O=C(NCCSCc1ccc(Cl)cc1)c1c(Cl)cccc1Cl. The van der Waals surface area contributed by atoms with Crippen LogP contribution in [0.2, 0.25) is 15.1 Å². The highest BCUT2D eigenvalue weighted by Gasteiger charge is 2.13. The normalized spacial score (nSPS) is 10.5. The number of nitrogens with one attached hydrogen (secondary N) is 1. The van der Waals surface area contributed by atoms with Crippen LogP contribution in [0.4, 0.5) is 0 Å². The molecule has 0 unspecified atom stereocenters. The van der Waals surface area contributed by atoms with E-state index in [1.807, 2.05) is 24.3 Å². The van der Waals surface area contributed by atoms with Gasteiger partial charge in [-0.2, -0.15) is 11.8 Å². The Morgan fingerprint density at radius 1 is 1.00 bits per heavy atom. The molecule has 2 aromatic rings. The van der Waals surface area contributed by atoms with Gasteiger partial charge < -0.3 is 5.32 Å². The van der Waals surface area contributed by atoms with Crippen LogP contribution in [0.15, 0.2) is 42.5 Å². The van der Waals surface area contributed by atoms with E-state index in [0.29, 0.717) is 22.2 Å². The van der Waals surface area contributed by atoms with Crippen LogP contribution in [-0.4, -0.2) is 18.2 Å². The van der Waals surface area contributed by atoms with Crippen LogP contribution in [0.3, 0.4) is 0 Å². The molecule has 0 aromatic heterocycles. The molecule has 0 aliphatic heterocycles. The molecule has 0 fully saturated rings. The number of halogens is 3. The lowest BCUT2D eigenvalue weighted by Gasteiger charge is -2.08. The zero-order valence-corrected chi connectivity index (χ0v) is 14.7. The Morgan fingerprint density at radius 3 is 2.27 bits per heavy atom. The number of rotatable bonds is 6. The van der Waals surface area contributed by atoms with Crippen LogP contribution in [0.25, 0.3) is 0 Å². The van der Waals surface area contributed by atoms with Crippen LogP contribution < -0.4 is 5.32 Å². The molecule has 0 aliphatic rings. The van der Waals surface area contributed by atoms with Crippen molar-refractivity contribution in [3.63, 3.8) is 0 Å². The van der Waals surface area contributed by atoms with Crippen molar-refractivity contribution in [1.29, 1.82) is 0 Å². The molecule has 2 aromatic carbocycles. The Balaban J connectivity index is 1.74. The Kier molecular flexibility index (Phi) is 6.90. The highest BCUT2D eigenvalue weighted by molar-refractivity contribution is 7.98. The summed E-state index contributed by atoms with van der Waals surface area (Å²) in [5.41, 5.74) is 1.53. The summed E-state index contributed by atoms with van der Waals surface area (Å²) in [6.45, 7) is 0.554. The molecule has 1 amide bonds. The van der Waals surface area contributed by atoms with Crippen molar-refractivity contribution in [2.45, 2.75) is 5.75 Å². The third kappa shape index (κ3) is 5.10. The molecule has 0 bridgehead atoms. The summed E-state index contributed by atoms with van der Waals surface area (Å²) >= 11 is 19.6. The molecular formula is C16H14Cl3NOS. The summed E-state index contributed by atoms with van der Waals surface area (Å²) in [4.78, 5) is 12.1. The molecule has 0 heterocycles. The molecule has 0 aliphatic carbocycles. The van der Waals surface area contributed by atoms with Gasteiger partial charge in [0.25, 0.3) is 5.91 Å². The van der Waals surface area contributed by atoms with Gasteiger partial charge in [0, 0.05) is 23.1 Å². The first-order valence-corrected chi connectivity index (χ1v) is 8.91. The summed E-state index contributed by atoms with van der Waals surface area (Å²) in [5, 5.41) is 4.28. The number of thioether (sulfide) groups is 1. The molecule has 0 spiro atoms. The first-order valence-electron chi connectivity index (χ1n) is 6.62. The Bertz CT molecular complexity index is 626. The molecule has 0 radical (unpaired) electrons. The maximum Gasteiger partial charge on any atom is 0.254 e. The minimum Gasteiger partial charge on any atom is -0.351 e. The van der Waals surface area contributed by atoms with Crippen molar-refractivity contribution in [3.05, 3.63) is 68.7 Å². The quantitative estimate of drug-likeness (QED) is 0.694. The van der Waals surface area contributed by atoms with Gasteiger partial charge in [0.1, 0.15) is 0 Å². The standard InChI is InChI=1S/C16H14Cl3NOS/c17-12-6-4-11(5-7-12)10-22-9-8-20-16(21)15-13(18)2-1-3-14(15)19/h1-7H,8-10H2,(H,20,21). The lowest BCUT2D eigenvalue weighted by atomic mass is 10.2. The van der Waals surface area contributed by atoms with Gasteiger partial charge in [-0.25, -0.2) is 0 Å². The number of hydrogen-bond donors (Lipinski definition) is 1. The van der Waals surface area contributed by atoms with E-state index in [0.717, 1.165) is 16.5 Å². The van der Waals surface area contributed by atoms with E-state index in [4.69, 9.17) is 34.8 Å². The molecule has 2 rings (SSSR count). The average molecular weight is 375 g/mol. The third-order valence-electron chi connectivity index (χ3n) is 2.90. The van der Waals surface area contributed by atoms with Gasteiger partial charge >= 0.3 is 0 Å². The minimum absolute atomic E-state index is 0.248. The predicted molar refractivity (Wildman–Crippen MR) is 96.4 cm³/mol. The lowest BCUT2D eigenvalue weighted by Crippen LogP contribution is -2.26. The van der Waals surface area contributed by atoms with Gasteiger partial charge in [0.05, 0.1) is 15.6 Å². The summed E-state index contributed by atoms with van der Waals surface area (Å²) in [7, 11) is 0. The first kappa shape index (κ1) is 17.5. The highest BCUT2D eigenvalue weighted by Crippen LogP contribution is 2.24. The molecule has 0 saturated heterocycles. The smallest absolute Gasteiger partial charge is 0.254 e. The number of carbonyl (C=O) groups is 1. The van der Waals surface area contributed by atoms with Crippen LogP contribution in [0, 0.1) is 0 Å². The van der Waals surface area contributed by atoms with Gasteiger partial charge in [0.15, 0.2) is 0 Å². The third-order valence-corrected chi connectivity index (χ3v) is 4.82. The van der Waals surface area contributed by atoms with Crippen molar-refractivity contribution in [3.8, 4) is 0 Å². The summed E-state index contributed by atoms with van der Waals surface area (Å²) in [6.07, 6.45) is 0. The van der Waals surface area contributed by atoms with Crippen molar-refractivity contribution in [2.24, 2.45) is 0 Å². The molecule has 116 valence electrons. The molecule has 0 atom stereocenters. The monoisotopic (exact) mass is 373 g/mol. The van der Waals surface area contributed by atoms with Gasteiger partial charge in [0.2, 0.25) is 0 Å². The molecule has 0 saturated carbocycles. The Labute approximate surface area is 149 Å². The number of amides is 1. The van der Waals surface area contributed by atoms with Crippen molar-refractivity contribution >= 4 is 52.5 Å². The van der Waals surface area contributed by atoms with Gasteiger partial charge in [-0.1, -0.05) is 53.0 Å². The highest BCUT2D eigenvalue weighted by atomic mass is 35.5. The second-order valence-corrected chi connectivity index (χ2v) is 6.89. The Hall–Kier alpha value is -0.870. The molecule has 2 nitrogen and oxygen atoms in total. The van der Waals surface area contributed by atoms with E-state index < -0.39 is 0 Å². The Morgan fingerprint density at radius 2 is 1.64 bits per heavy atom. The van der Waals surface area contributed by atoms with Crippen LogP contribution in [0.5, 0.6) is 0 Å². The van der Waals surface area contributed by atoms with E-state index in [2.05, 4.69) is 5.32 Å². The minimum atomic E-state index is -0.248. The van der Waals surface area contributed by atoms with Gasteiger partial charge in [-0.05, 0) is 29.8 Å². The van der Waals surface area contributed by atoms with E-state index in [1.54, 1.807) is 30.0 Å². The maximum absolute atomic E-state index is 12.1. The summed E-state index contributed by atoms with van der Waals surface area (Å²) in [6, 6.07) is 12.8. The van der Waals surface area contributed by atoms with Crippen LogP contribution >= 0.6 is 46.6 Å². The van der Waals surface area contributed by atoms with Crippen LogP contribution in [-0.2, 0) is 5.75 Å². The van der Waals surface area contributed by atoms with Crippen molar-refractivity contribution in [1.82, 2.24) is 5.32 Å². The molecule has 22 heavy (non-hydrogen) atoms. The van der Waals surface area contributed by atoms with E-state index in [-0.39, 0.29) is 5.91 Å². The maximum atomic E-state index is 12.1. The number of benzene rings is 2. The molecule has 1 N–H and O–H groups in total. The fraction of sp³-hybridized carbons (Fsp3) is 0.188. The van der Waals surface area contributed by atoms with E-state index in [1.165, 1.54) is 5.56 Å². The predicted octanol–water partition coefficient (Wildman–Crippen LogP) is 5.31. The first-order chi connectivity index (χ1) is 10.6. The topological polar surface area (TPSA) is 29.1 Å². The summed E-state index contributed by atoms with van der Waals surface area (Å²) < 4.78 is 0. The van der Waals surface area contributed by atoms with Gasteiger partial charge in [-0.15, -0.1) is 0 Å². The summed E-state index contributed by atoms with van der Waals surface area (Å²) in [5.74, 6) is 1.43. The van der Waals surface area contributed by atoms with Crippen molar-refractivity contribution in [2.75, 3.05) is 12.3 Å². The zero-order chi connectivity index (χ0) is 15.9. The number of hydrogen-bond acceptors (Lipinski definition) is 2. The fourth-order valence-electron chi connectivity index (χ4n) is 1.81. The van der Waals surface area contributed by atoms with Crippen LogP contribution in [0.1, 0.15) is 15.9 Å². The van der Waals surface area contributed by atoms with Gasteiger partial charge in [-0.3, -0.25) is 4.79 Å². The lowest BCUT2D eigenvalue weighted by molar-refractivity contribution is 0.0956. The second-order valence-electron chi connectivity index (χ2n) is 4.53. The fourth-order valence-corrected chi connectivity index (χ4v) is 3.32. The number of carbonyl (C=O) groups excluding carboxylic acids is 1. The average Bonchev–Trinajstić information content (AvgIpc) is 2.48. The molecule has 6 heteroatoms. The zero-order valence-electron chi connectivity index (χ0n) is 11.6. The second kappa shape index (κ2) is 8.68.